The van der Waals surface area contributed by atoms with Crippen molar-refractivity contribution in [3.63, 3.8) is 0 Å². The number of thiocarbonyl (C=S) groups is 1. The Morgan fingerprint density at radius 2 is 1.82 bits per heavy atom. The second-order valence-corrected chi connectivity index (χ2v) is 9.30. The Labute approximate surface area is 225 Å². The molecule has 0 aliphatic rings. The van der Waals surface area contributed by atoms with Gasteiger partial charge >= 0.3 is 0 Å². The lowest BCUT2D eigenvalue weighted by atomic mass is 10.1. The summed E-state index contributed by atoms with van der Waals surface area (Å²) < 4.78 is 11.7. The van der Waals surface area contributed by atoms with Gasteiger partial charge in [0, 0.05) is 17.3 Å². The minimum Gasteiger partial charge on any atom is -0.507 e. The fourth-order valence-corrected chi connectivity index (χ4v) is 4.30. The number of phenols is 1. The van der Waals surface area contributed by atoms with Crippen LogP contribution >= 0.6 is 12.2 Å². The van der Waals surface area contributed by atoms with Crippen LogP contribution in [0.4, 0.5) is 5.69 Å². The molecule has 0 atom stereocenters. The van der Waals surface area contributed by atoms with Crippen molar-refractivity contribution in [2.75, 3.05) is 5.32 Å². The van der Waals surface area contributed by atoms with Gasteiger partial charge in [-0.05, 0) is 79.2 Å². The van der Waals surface area contributed by atoms with Crippen molar-refractivity contribution in [2.24, 2.45) is 0 Å². The van der Waals surface area contributed by atoms with Gasteiger partial charge in [0.25, 0.3) is 5.91 Å². The summed E-state index contributed by atoms with van der Waals surface area (Å²) in [5, 5.41) is 16.3. The maximum Gasteiger partial charge on any atom is 0.257 e. The van der Waals surface area contributed by atoms with E-state index < -0.39 is 0 Å². The van der Waals surface area contributed by atoms with Crippen LogP contribution in [0.3, 0.4) is 0 Å². The first-order valence-corrected chi connectivity index (χ1v) is 12.4. The predicted molar refractivity (Wildman–Crippen MR) is 151 cm³/mol. The topological polar surface area (TPSA) is 96.6 Å². The van der Waals surface area contributed by atoms with Gasteiger partial charge in [-0.2, -0.15) is 0 Å². The largest absolute Gasteiger partial charge is 0.507 e. The molecule has 38 heavy (non-hydrogen) atoms. The van der Waals surface area contributed by atoms with Crippen LogP contribution in [0, 0.1) is 13.8 Å². The van der Waals surface area contributed by atoms with Gasteiger partial charge in [-0.25, -0.2) is 4.98 Å². The molecule has 0 aliphatic carbocycles. The first-order valence-electron chi connectivity index (χ1n) is 12.0. The first kappa shape index (κ1) is 25.0. The van der Waals surface area contributed by atoms with Crippen LogP contribution in [0.5, 0.6) is 11.5 Å². The molecule has 1 aromatic heterocycles. The molecule has 1 heterocycles. The Kier molecular flexibility index (Phi) is 7.06. The van der Waals surface area contributed by atoms with Gasteiger partial charge in [-0.3, -0.25) is 10.1 Å². The van der Waals surface area contributed by atoms with Gasteiger partial charge in [0.2, 0.25) is 5.89 Å². The van der Waals surface area contributed by atoms with Crippen LogP contribution in [0.15, 0.2) is 89.3 Å². The molecule has 0 unspecified atom stereocenters. The van der Waals surface area contributed by atoms with E-state index in [4.69, 9.17) is 21.4 Å². The van der Waals surface area contributed by atoms with Gasteiger partial charge in [0.05, 0.1) is 5.56 Å². The number of nitrogens with zero attached hydrogens (tertiary/aromatic N) is 1. The van der Waals surface area contributed by atoms with Crippen LogP contribution in [0.25, 0.3) is 22.6 Å². The van der Waals surface area contributed by atoms with Crippen molar-refractivity contribution in [1.29, 1.82) is 0 Å². The SMILES string of the molecule is Cc1cc(C)c2oc(-c3ccc(NC(=S)NC(=O)c4cccc(OCc5ccccc5)c4)cc3O)nc2c1. The second kappa shape index (κ2) is 10.7. The van der Waals surface area contributed by atoms with Crippen molar-refractivity contribution in [3.8, 4) is 23.0 Å². The fraction of sp³-hybridized carbons (Fsp3) is 0.100. The van der Waals surface area contributed by atoms with Crippen LogP contribution in [0.2, 0.25) is 0 Å². The van der Waals surface area contributed by atoms with E-state index >= 15 is 0 Å². The highest BCUT2D eigenvalue weighted by Crippen LogP contribution is 2.34. The second-order valence-electron chi connectivity index (χ2n) is 8.89. The van der Waals surface area contributed by atoms with Gasteiger partial charge in [-0.15, -0.1) is 0 Å². The summed E-state index contributed by atoms with van der Waals surface area (Å²) in [5.74, 6) is 0.479. The number of fused-ring (bicyclic) bond motifs is 1. The number of aromatic hydroxyl groups is 1. The summed E-state index contributed by atoms with van der Waals surface area (Å²) >= 11 is 5.31. The summed E-state index contributed by atoms with van der Waals surface area (Å²) in [4.78, 5) is 17.3. The molecule has 0 saturated carbocycles. The fourth-order valence-electron chi connectivity index (χ4n) is 4.09. The minimum absolute atomic E-state index is 0.0340. The van der Waals surface area contributed by atoms with Gasteiger partial charge in [0.15, 0.2) is 10.7 Å². The number of oxazole rings is 1. The zero-order valence-electron chi connectivity index (χ0n) is 20.8. The molecular formula is C30H25N3O4S. The maximum absolute atomic E-state index is 12.8. The number of amides is 1. The third-order valence-electron chi connectivity index (χ3n) is 5.88. The number of hydrogen-bond donors (Lipinski definition) is 3. The summed E-state index contributed by atoms with van der Waals surface area (Å²) in [7, 11) is 0. The highest BCUT2D eigenvalue weighted by molar-refractivity contribution is 7.80. The number of phenolic OH excluding ortho intramolecular Hbond substituents is 1. The Bertz CT molecular complexity index is 1650. The molecule has 5 rings (SSSR count). The Balaban J connectivity index is 1.23. The number of carbonyl (C=O) groups is 1. The number of aryl methyl sites for hydroxylation is 2. The lowest BCUT2D eigenvalue weighted by Crippen LogP contribution is -2.34. The van der Waals surface area contributed by atoms with E-state index in [9.17, 15) is 9.90 Å². The average molecular weight is 524 g/mol. The lowest BCUT2D eigenvalue weighted by molar-refractivity contribution is 0.0977. The van der Waals surface area contributed by atoms with E-state index in [0.29, 0.717) is 40.6 Å². The van der Waals surface area contributed by atoms with Gasteiger partial charge in [-0.1, -0.05) is 42.5 Å². The number of benzene rings is 4. The highest BCUT2D eigenvalue weighted by Gasteiger charge is 2.15. The molecule has 7 nitrogen and oxygen atoms in total. The van der Waals surface area contributed by atoms with Crippen molar-refractivity contribution in [3.05, 3.63) is 107 Å². The molecule has 1 amide bonds. The van der Waals surface area contributed by atoms with E-state index in [2.05, 4.69) is 15.6 Å². The standard InChI is InChI=1S/C30H25N3O4S/c1-18-13-19(2)27-25(14-18)32-29(37-27)24-12-11-22(16-26(24)34)31-30(38)33-28(35)21-9-6-10-23(15-21)36-17-20-7-4-3-5-8-20/h3-16,34H,17H2,1-2H3,(H2,31,33,35,38). The van der Waals surface area contributed by atoms with E-state index in [1.54, 1.807) is 36.4 Å². The number of rotatable bonds is 6. The monoisotopic (exact) mass is 523 g/mol. The highest BCUT2D eigenvalue weighted by atomic mass is 32.1. The number of carbonyl (C=O) groups excluding carboxylic acids is 1. The van der Waals surface area contributed by atoms with Crippen LogP contribution in [-0.4, -0.2) is 21.1 Å². The number of ether oxygens (including phenoxy) is 1. The van der Waals surface area contributed by atoms with Gasteiger partial charge in [0.1, 0.15) is 23.6 Å². The van der Waals surface area contributed by atoms with E-state index in [1.165, 1.54) is 6.07 Å². The maximum atomic E-state index is 12.8. The van der Waals surface area contributed by atoms with Crippen molar-refractivity contribution in [2.45, 2.75) is 20.5 Å². The summed E-state index contributed by atoms with van der Waals surface area (Å²) in [6.45, 7) is 4.35. The Hall–Kier alpha value is -4.69. The summed E-state index contributed by atoms with van der Waals surface area (Å²) in [6, 6.07) is 25.5. The molecule has 0 fully saturated rings. The van der Waals surface area contributed by atoms with E-state index in [-0.39, 0.29) is 16.8 Å². The summed E-state index contributed by atoms with van der Waals surface area (Å²) in [5.41, 5.74) is 5.86. The minimum atomic E-state index is -0.384. The van der Waals surface area contributed by atoms with Crippen molar-refractivity contribution < 1.29 is 19.1 Å². The molecule has 0 radical (unpaired) electrons. The van der Waals surface area contributed by atoms with E-state index in [0.717, 1.165) is 22.2 Å². The Morgan fingerprint density at radius 1 is 1.00 bits per heavy atom. The molecule has 8 heteroatoms. The van der Waals surface area contributed by atoms with Crippen molar-refractivity contribution >= 4 is 40.0 Å². The quantitative estimate of drug-likeness (QED) is 0.218. The zero-order valence-corrected chi connectivity index (χ0v) is 21.6. The number of aromatic nitrogens is 1. The molecule has 190 valence electrons. The first-order chi connectivity index (χ1) is 18.4. The number of nitrogens with one attached hydrogen (secondary N) is 2. The predicted octanol–water partition coefficient (Wildman–Crippen LogP) is 6.52. The van der Waals surface area contributed by atoms with Crippen molar-refractivity contribution in [1.82, 2.24) is 10.3 Å². The third kappa shape index (κ3) is 5.66. The Morgan fingerprint density at radius 3 is 2.61 bits per heavy atom. The molecule has 3 N–H and O–H groups in total. The number of hydrogen-bond acceptors (Lipinski definition) is 6. The molecular weight excluding hydrogens is 498 g/mol. The smallest absolute Gasteiger partial charge is 0.257 e. The van der Waals surface area contributed by atoms with Crippen LogP contribution in [-0.2, 0) is 6.61 Å². The number of anilines is 1. The lowest BCUT2D eigenvalue weighted by Gasteiger charge is -2.12. The van der Waals surface area contributed by atoms with E-state index in [1.807, 2.05) is 56.3 Å². The zero-order chi connectivity index (χ0) is 26.6. The molecule has 4 aromatic carbocycles. The summed E-state index contributed by atoms with van der Waals surface area (Å²) in [6.07, 6.45) is 0. The average Bonchev–Trinajstić information content (AvgIpc) is 3.32. The molecule has 0 saturated heterocycles. The normalized spacial score (nSPS) is 10.8. The molecule has 0 spiro atoms. The van der Waals surface area contributed by atoms with Crippen LogP contribution in [0.1, 0.15) is 27.0 Å². The van der Waals surface area contributed by atoms with Crippen LogP contribution < -0.4 is 15.4 Å². The third-order valence-corrected chi connectivity index (χ3v) is 6.08. The molecule has 0 bridgehead atoms. The molecule has 0 aliphatic heterocycles. The molecule has 5 aromatic rings. The van der Waals surface area contributed by atoms with Gasteiger partial charge < -0.3 is 19.6 Å².